The van der Waals surface area contributed by atoms with Crippen molar-refractivity contribution in [1.29, 1.82) is 0 Å². The summed E-state index contributed by atoms with van der Waals surface area (Å²) in [6, 6.07) is 5.85. The molecule has 25 heavy (non-hydrogen) atoms. The van der Waals surface area contributed by atoms with Crippen molar-refractivity contribution < 1.29 is 9.53 Å². The van der Waals surface area contributed by atoms with Gasteiger partial charge in [-0.1, -0.05) is 6.07 Å². The number of methoxy groups -OCH3 is 1. The maximum Gasteiger partial charge on any atom is 0.263 e. The molecule has 1 aliphatic carbocycles. The Balaban J connectivity index is 1.59. The molecule has 0 radical (unpaired) electrons. The van der Waals surface area contributed by atoms with Gasteiger partial charge in [0, 0.05) is 19.3 Å². The molecule has 128 valence electrons. The van der Waals surface area contributed by atoms with Gasteiger partial charge in [-0.25, -0.2) is 4.98 Å². The second-order valence-electron chi connectivity index (χ2n) is 5.88. The number of aromatic nitrogens is 6. The SMILES string of the molecule is COc1nn(C)cc1C(=O)Nc1cccc(-c2nncn2C2CC2)n1. The van der Waals surface area contributed by atoms with Crippen LogP contribution in [0, 0.1) is 0 Å². The van der Waals surface area contributed by atoms with Gasteiger partial charge in [0.25, 0.3) is 5.91 Å². The molecule has 3 heterocycles. The van der Waals surface area contributed by atoms with Gasteiger partial charge in [-0.15, -0.1) is 15.3 Å². The van der Waals surface area contributed by atoms with Crippen LogP contribution in [0.1, 0.15) is 29.2 Å². The second-order valence-corrected chi connectivity index (χ2v) is 5.88. The Hall–Kier alpha value is -3.23. The van der Waals surface area contributed by atoms with Crippen LogP contribution in [0.2, 0.25) is 0 Å². The Morgan fingerprint density at radius 1 is 1.36 bits per heavy atom. The Morgan fingerprint density at radius 2 is 2.20 bits per heavy atom. The highest BCUT2D eigenvalue weighted by molar-refractivity contribution is 6.05. The van der Waals surface area contributed by atoms with Crippen molar-refractivity contribution in [3.8, 4) is 17.4 Å². The molecule has 0 spiro atoms. The maximum atomic E-state index is 12.5. The van der Waals surface area contributed by atoms with Crippen molar-refractivity contribution in [3.63, 3.8) is 0 Å². The molecule has 0 saturated heterocycles. The summed E-state index contributed by atoms with van der Waals surface area (Å²) in [5.41, 5.74) is 1.01. The summed E-state index contributed by atoms with van der Waals surface area (Å²) in [4.78, 5) is 17.0. The summed E-state index contributed by atoms with van der Waals surface area (Å²) < 4.78 is 8.67. The highest BCUT2D eigenvalue weighted by atomic mass is 16.5. The molecule has 0 bridgehead atoms. The second kappa shape index (κ2) is 6.00. The van der Waals surface area contributed by atoms with Crippen LogP contribution in [0.4, 0.5) is 5.82 Å². The molecule has 3 aromatic rings. The topological polar surface area (TPSA) is 99.8 Å². The quantitative estimate of drug-likeness (QED) is 0.759. The van der Waals surface area contributed by atoms with E-state index >= 15 is 0 Å². The summed E-state index contributed by atoms with van der Waals surface area (Å²) in [6.07, 6.45) is 5.58. The zero-order valence-corrected chi connectivity index (χ0v) is 13.9. The molecule has 1 amide bonds. The van der Waals surface area contributed by atoms with Crippen molar-refractivity contribution in [3.05, 3.63) is 36.3 Å². The Morgan fingerprint density at radius 3 is 2.96 bits per heavy atom. The highest BCUT2D eigenvalue weighted by Gasteiger charge is 2.27. The number of hydrogen-bond acceptors (Lipinski definition) is 6. The van der Waals surface area contributed by atoms with Gasteiger partial charge in [-0.05, 0) is 25.0 Å². The lowest BCUT2D eigenvalue weighted by Crippen LogP contribution is -2.13. The average Bonchev–Trinajstić information content (AvgIpc) is 3.20. The first-order valence-electron chi connectivity index (χ1n) is 7.91. The van der Waals surface area contributed by atoms with E-state index in [0.717, 1.165) is 12.8 Å². The molecule has 3 aromatic heterocycles. The molecule has 1 aliphatic rings. The van der Waals surface area contributed by atoms with Crippen LogP contribution >= 0.6 is 0 Å². The van der Waals surface area contributed by atoms with Crippen LogP contribution < -0.4 is 10.1 Å². The fourth-order valence-electron chi connectivity index (χ4n) is 2.63. The normalized spacial score (nSPS) is 13.7. The highest BCUT2D eigenvalue weighted by Crippen LogP contribution is 2.37. The predicted molar refractivity (Wildman–Crippen MR) is 89.2 cm³/mol. The van der Waals surface area contributed by atoms with Gasteiger partial charge < -0.3 is 14.6 Å². The van der Waals surface area contributed by atoms with Gasteiger partial charge in [-0.3, -0.25) is 9.48 Å². The van der Waals surface area contributed by atoms with E-state index in [1.54, 1.807) is 25.6 Å². The molecule has 1 saturated carbocycles. The third-order valence-corrected chi connectivity index (χ3v) is 3.97. The van der Waals surface area contributed by atoms with Crippen LogP contribution in [-0.2, 0) is 7.05 Å². The molecule has 4 rings (SSSR count). The van der Waals surface area contributed by atoms with E-state index in [1.807, 2.05) is 16.7 Å². The standard InChI is InChI=1S/C16H17N7O2/c1-22-8-11(16(21-22)25-2)15(24)19-13-5-3-4-12(18-13)14-20-17-9-23(14)10-6-7-10/h3-5,8-10H,6-7H2,1-2H3,(H,18,19,24). The fraction of sp³-hybridized carbons (Fsp3) is 0.312. The Bertz CT molecular complexity index is 926. The molecule has 0 aliphatic heterocycles. The van der Waals surface area contributed by atoms with E-state index in [0.29, 0.717) is 28.9 Å². The summed E-state index contributed by atoms with van der Waals surface area (Å²) >= 11 is 0. The molecule has 0 unspecified atom stereocenters. The molecule has 1 fully saturated rings. The van der Waals surface area contributed by atoms with Crippen molar-refractivity contribution in [2.75, 3.05) is 12.4 Å². The molecule has 1 N–H and O–H groups in total. The smallest absolute Gasteiger partial charge is 0.263 e. The number of pyridine rings is 1. The summed E-state index contributed by atoms with van der Waals surface area (Å²) in [5, 5.41) is 15.0. The lowest BCUT2D eigenvalue weighted by atomic mass is 10.3. The lowest BCUT2D eigenvalue weighted by Gasteiger charge is -2.07. The summed E-state index contributed by atoms with van der Waals surface area (Å²) in [7, 11) is 3.20. The maximum absolute atomic E-state index is 12.5. The van der Waals surface area contributed by atoms with Gasteiger partial charge in [0.15, 0.2) is 5.82 Å². The Labute approximate surface area is 143 Å². The fourth-order valence-corrected chi connectivity index (χ4v) is 2.63. The third kappa shape index (κ3) is 2.95. The first kappa shape index (κ1) is 15.3. The summed E-state index contributed by atoms with van der Waals surface area (Å²) in [5.74, 6) is 1.07. The number of carbonyl (C=O) groups excluding carboxylic acids is 1. The van der Waals surface area contributed by atoms with E-state index in [1.165, 1.54) is 11.8 Å². The zero-order chi connectivity index (χ0) is 17.4. The van der Waals surface area contributed by atoms with Gasteiger partial charge in [0.05, 0.1) is 7.11 Å². The number of ether oxygens (including phenoxy) is 1. The van der Waals surface area contributed by atoms with Gasteiger partial charge in [0.1, 0.15) is 23.4 Å². The molecule has 0 aromatic carbocycles. The largest absolute Gasteiger partial charge is 0.479 e. The molecule has 9 heteroatoms. The van der Waals surface area contributed by atoms with Gasteiger partial charge >= 0.3 is 0 Å². The number of carbonyl (C=O) groups is 1. The number of amides is 1. The van der Waals surface area contributed by atoms with Crippen LogP contribution in [0.15, 0.2) is 30.7 Å². The molecular formula is C16H17N7O2. The number of rotatable bonds is 5. The van der Waals surface area contributed by atoms with Crippen molar-refractivity contribution in [1.82, 2.24) is 29.5 Å². The zero-order valence-electron chi connectivity index (χ0n) is 13.9. The monoisotopic (exact) mass is 339 g/mol. The number of hydrogen-bond donors (Lipinski definition) is 1. The average molecular weight is 339 g/mol. The first-order valence-corrected chi connectivity index (χ1v) is 7.91. The number of nitrogens with one attached hydrogen (secondary N) is 1. The lowest BCUT2D eigenvalue weighted by molar-refractivity contribution is 0.102. The van der Waals surface area contributed by atoms with Gasteiger partial charge in [0.2, 0.25) is 5.88 Å². The van der Waals surface area contributed by atoms with E-state index in [4.69, 9.17) is 4.74 Å². The number of aryl methyl sites for hydroxylation is 1. The number of anilines is 1. The van der Waals surface area contributed by atoms with E-state index in [-0.39, 0.29) is 11.8 Å². The molecule has 9 nitrogen and oxygen atoms in total. The third-order valence-electron chi connectivity index (χ3n) is 3.97. The van der Waals surface area contributed by atoms with Crippen LogP contribution in [-0.4, -0.2) is 42.5 Å². The first-order chi connectivity index (χ1) is 12.2. The van der Waals surface area contributed by atoms with Crippen molar-refractivity contribution in [2.24, 2.45) is 7.05 Å². The van der Waals surface area contributed by atoms with Gasteiger partial charge in [-0.2, -0.15) is 0 Å². The molecular weight excluding hydrogens is 322 g/mol. The number of nitrogens with zero attached hydrogens (tertiary/aromatic N) is 6. The predicted octanol–water partition coefficient (Wildman–Crippen LogP) is 1.67. The van der Waals surface area contributed by atoms with Crippen LogP contribution in [0.5, 0.6) is 5.88 Å². The van der Waals surface area contributed by atoms with Crippen molar-refractivity contribution in [2.45, 2.75) is 18.9 Å². The van der Waals surface area contributed by atoms with Crippen LogP contribution in [0.3, 0.4) is 0 Å². The molecule has 0 atom stereocenters. The summed E-state index contributed by atoms with van der Waals surface area (Å²) in [6.45, 7) is 0. The van der Waals surface area contributed by atoms with E-state index in [2.05, 4.69) is 25.6 Å². The van der Waals surface area contributed by atoms with E-state index < -0.39 is 0 Å². The Kier molecular flexibility index (Phi) is 3.68. The van der Waals surface area contributed by atoms with Crippen molar-refractivity contribution >= 4 is 11.7 Å². The minimum atomic E-state index is -0.335. The minimum absolute atomic E-state index is 0.268. The van der Waals surface area contributed by atoms with E-state index in [9.17, 15) is 4.79 Å². The minimum Gasteiger partial charge on any atom is -0.479 e. The van der Waals surface area contributed by atoms with Crippen LogP contribution in [0.25, 0.3) is 11.5 Å².